The van der Waals surface area contributed by atoms with Gasteiger partial charge in [0.05, 0.1) is 13.2 Å². The topological polar surface area (TPSA) is 80.3 Å². The highest BCUT2D eigenvalue weighted by molar-refractivity contribution is 5.70. The van der Waals surface area contributed by atoms with Gasteiger partial charge in [0.2, 0.25) is 0 Å². The number of morpholine rings is 1. The lowest BCUT2D eigenvalue weighted by Gasteiger charge is -2.33. The largest absolute Gasteiger partial charge is 0.444 e. The van der Waals surface area contributed by atoms with Crippen molar-refractivity contribution in [2.75, 3.05) is 19.7 Å². The zero-order valence-corrected chi connectivity index (χ0v) is 17.5. The van der Waals surface area contributed by atoms with Crippen LogP contribution in [0.25, 0.3) is 22.5 Å². The monoisotopic (exact) mass is 406 g/mol. The van der Waals surface area contributed by atoms with Crippen LogP contribution in [0.3, 0.4) is 0 Å². The molecule has 1 saturated heterocycles. The van der Waals surface area contributed by atoms with Gasteiger partial charge in [-0.3, -0.25) is 5.10 Å². The van der Waals surface area contributed by atoms with Gasteiger partial charge in [-0.25, -0.2) is 9.78 Å². The smallest absolute Gasteiger partial charge is 0.410 e. The summed E-state index contributed by atoms with van der Waals surface area (Å²) in [5, 5.41) is 7.35. The van der Waals surface area contributed by atoms with E-state index in [1.807, 2.05) is 51.1 Å². The van der Waals surface area contributed by atoms with E-state index in [0.29, 0.717) is 31.3 Å². The predicted molar refractivity (Wildman–Crippen MR) is 114 cm³/mol. The van der Waals surface area contributed by atoms with Gasteiger partial charge in [-0.15, -0.1) is 0 Å². The van der Waals surface area contributed by atoms with E-state index in [0.717, 1.165) is 16.7 Å². The number of carbonyl (C=O) groups excluding carboxylic acids is 1. The van der Waals surface area contributed by atoms with E-state index in [1.165, 1.54) is 0 Å². The van der Waals surface area contributed by atoms with E-state index >= 15 is 0 Å². The SMILES string of the molecule is CC(C)(C)OC(=O)N1CCOC(c2nc(-c3cccc(-c4ccccc4)c3)n[nH]2)C1. The van der Waals surface area contributed by atoms with Crippen molar-refractivity contribution in [2.24, 2.45) is 0 Å². The van der Waals surface area contributed by atoms with Gasteiger partial charge in [0.15, 0.2) is 11.6 Å². The maximum absolute atomic E-state index is 12.4. The molecule has 4 rings (SSSR count). The zero-order chi connectivity index (χ0) is 21.1. The Balaban J connectivity index is 1.50. The number of hydrogen-bond acceptors (Lipinski definition) is 5. The average molecular weight is 406 g/mol. The molecule has 0 saturated carbocycles. The van der Waals surface area contributed by atoms with Crippen LogP contribution in [0.5, 0.6) is 0 Å². The van der Waals surface area contributed by atoms with Crippen molar-refractivity contribution in [3.63, 3.8) is 0 Å². The molecule has 156 valence electrons. The van der Waals surface area contributed by atoms with Gasteiger partial charge in [-0.05, 0) is 38.0 Å². The third-order valence-corrected chi connectivity index (χ3v) is 4.75. The van der Waals surface area contributed by atoms with Crippen LogP contribution in [-0.4, -0.2) is 51.5 Å². The van der Waals surface area contributed by atoms with Crippen molar-refractivity contribution in [1.29, 1.82) is 0 Å². The maximum Gasteiger partial charge on any atom is 0.410 e. The Kier molecular flexibility index (Phi) is 5.55. The molecule has 7 heteroatoms. The fraction of sp³-hybridized carbons (Fsp3) is 0.348. The number of hydrogen-bond donors (Lipinski definition) is 1. The molecule has 30 heavy (non-hydrogen) atoms. The van der Waals surface area contributed by atoms with E-state index in [4.69, 9.17) is 9.47 Å². The molecule has 1 unspecified atom stereocenters. The first kappa shape index (κ1) is 20.1. The summed E-state index contributed by atoms with van der Waals surface area (Å²) in [6, 6.07) is 18.3. The Morgan fingerprint density at radius 1 is 1.10 bits per heavy atom. The number of amides is 1. The maximum atomic E-state index is 12.4. The second-order valence-corrected chi connectivity index (χ2v) is 8.28. The van der Waals surface area contributed by atoms with Crippen LogP contribution in [0.15, 0.2) is 54.6 Å². The summed E-state index contributed by atoms with van der Waals surface area (Å²) in [6.07, 6.45) is -0.712. The Hall–Kier alpha value is -3.19. The first-order chi connectivity index (χ1) is 14.4. The van der Waals surface area contributed by atoms with E-state index in [-0.39, 0.29) is 12.2 Å². The predicted octanol–water partition coefficient (Wildman–Crippen LogP) is 4.45. The summed E-state index contributed by atoms with van der Waals surface area (Å²) in [4.78, 5) is 18.7. The van der Waals surface area contributed by atoms with Gasteiger partial charge in [-0.1, -0.05) is 48.5 Å². The summed E-state index contributed by atoms with van der Waals surface area (Å²) in [7, 11) is 0. The van der Waals surface area contributed by atoms with Crippen molar-refractivity contribution < 1.29 is 14.3 Å². The minimum absolute atomic E-state index is 0.342. The Bertz CT molecular complexity index is 1010. The summed E-state index contributed by atoms with van der Waals surface area (Å²) >= 11 is 0. The number of aromatic nitrogens is 3. The van der Waals surface area contributed by atoms with Gasteiger partial charge in [0.25, 0.3) is 0 Å². The number of nitrogens with zero attached hydrogens (tertiary/aromatic N) is 3. The zero-order valence-electron chi connectivity index (χ0n) is 17.5. The number of nitrogens with one attached hydrogen (secondary N) is 1. The second-order valence-electron chi connectivity index (χ2n) is 8.28. The fourth-order valence-corrected chi connectivity index (χ4v) is 3.32. The van der Waals surface area contributed by atoms with Gasteiger partial charge in [-0.2, -0.15) is 5.10 Å². The molecule has 1 N–H and O–H groups in total. The van der Waals surface area contributed by atoms with Crippen LogP contribution in [0.2, 0.25) is 0 Å². The molecule has 3 aromatic rings. The molecule has 2 heterocycles. The number of H-pyrrole nitrogens is 1. The molecule has 1 fully saturated rings. The van der Waals surface area contributed by atoms with Crippen LogP contribution in [0.4, 0.5) is 4.79 Å². The molecule has 0 bridgehead atoms. The first-order valence-electron chi connectivity index (χ1n) is 10.1. The molecule has 1 atom stereocenters. The quantitative estimate of drug-likeness (QED) is 0.695. The van der Waals surface area contributed by atoms with E-state index in [9.17, 15) is 4.79 Å². The summed E-state index contributed by atoms with van der Waals surface area (Å²) in [5.74, 6) is 1.20. The van der Waals surface area contributed by atoms with Crippen LogP contribution >= 0.6 is 0 Å². The van der Waals surface area contributed by atoms with Crippen LogP contribution in [-0.2, 0) is 9.47 Å². The lowest BCUT2D eigenvalue weighted by Crippen LogP contribution is -2.44. The highest BCUT2D eigenvalue weighted by atomic mass is 16.6. The van der Waals surface area contributed by atoms with Crippen LogP contribution in [0.1, 0.15) is 32.7 Å². The standard InChI is InChI=1S/C23H26N4O3/c1-23(2,3)30-22(28)27-12-13-29-19(15-27)21-24-20(25-26-21)18-11-7-10-17(14-18)16-8-5-4-6-9-16/h4-11,14,19H,12-13,15H2,1-3H3,(H,24,25,26). The third kappa shape index (κ3) is 4.68. The lowest BCUT2D eigenvalue weighted by atomic mass is 10.0. The molecule has 2 aromatic carbocycles. The molecular formula is C23H26N4O3. The summed E-state index contributed by atoms with van der Waals surface area (Å²) in [5.41, 5.74) is 2.62. The van der Waals surface area contributed by atoms with Gasteiger partial charge >= 0.3 is 6.09 Å². The van der Waals surface area contributed by atoms with Gasteiger partial charge in [0, 0.05) is 12.1 Å². The molecule has 0 aliphatic carbocycles. The number of ether oxygens (including phenoxy) is 2. The lowest BCUT2D eigenvalue weighted by molar-refractivity contribution is -0.0461. The minimum atomic E-state index is -0.534. The van der Waals surface area contributed by atoms with Crippen molar-refractivity contribution in [2.45, 2.75) is 32.5 Å². The van der Waals surface area contributed by atoms with Gasteiger partial charge in [0.1, 0.15) is 11.7 Å². The Morgan fingerprint density at radius 2 is 1.83 bits per heavy atom. The second kappa shape index (κ2) is 8.28. The first-order valence-corrected chi connectivity index (χ1v) is 10.1. The Labute approximate surface area is 176 Å². The van der Waals surface area contributed by atoms with Crippen molar-refractivity contribution >= 4 is 6.09 Å². The van der Waals surface area contributed by atoms with Crippen molar-refractivity contribution in [3.8, 4) is 22.5 Å². The molecule has 1 amide bonds. The normalized spacial score (nSPS) is 17.0. The summed E-state index contributed by atoms with van der Waals surface area (Å²) in [6.45, 7) is 6.85. The highest BCUT2D eigenvalue weighted by Gasteiger charge is 2.30. The van der Waals surface area contributed by atoms with Gasteiger partial charge < -0.3 is 14.4 Å². The Morgan fingerprint density at radius 3 is 2.60 bits per heavy atom. The molecule has 1 aliphatic rings. The van der Waals surface area contributed by atoms with E-state index < -0.39 is 5.60 Å². The number of aromatic amines is 1. The molecule has 0 radical (unpaired) electrons. The fourth-order valence-electron chi connectivity index (χ4n) is 3.32. The van der Waals surface area contributed by atoms with Crippen LogP contribution < -0.4 is 0 Å². The number of carbonyl (C=O) groups is 1. The molecule has 0 spiro atoms. The molecule has 7 nitrogen and oxygen atoms in total. The number of benzene rings is 2. The van der Waals surface area contributed by atoms with Crippen LogP contribution in [0, 0.1) is 0 Å². The third-order valence-electron chi connectivity index (χ3n) is 4.75. The highest BCUT2D eigenvalue weighted by Crippen LogP contribution is 2.26. The minimum Gasteiger partial charge on any atom is -0.444 e. The molecule has 1 aliphatic heterocycles. The molecular weight excluding hydrogens is 380 g/mol. The van der Waals surface area contributed by atoms with Crippen molar-refractivity contribution in [1.82, 2.24) is 20.1 Å². The van der Waals surface area contributed by atoms with E-state index in [1.54, 1.807) is 4.90 Å². The van der Waals surface area contributed by atoms with Crippen molar-refractivity contribution in [3.05, 3.63) is 60.4 Å². The average Bonchev–Trinajstić information content (AvgIpc) is 3.24. The molecule has 1 aromatic heterocycles. The van der Waals surface area contributed by atoms with E-state index in [2.05, 4.69) is 39.4 Å². The summed E-state index contributed by atoms with van der Waals surface area (Å²) < 4.78 is 11.3. The number of rotatable bonds is 3.